The number of rotatable bonds is 5. The number of halogens is 1. The first kappa shape index (κ1) is 20.8. The summed E-state index contributed by atoms with van der Waals surface area (Å²) in [5.74, 6) is 0.441. The summed E-state index contributed by atoms with van der Waals surface area (Å²) in [4.78, 5) is 16.8. The van der Waals surface area contributed by atoms with Crippen molar-refractivity contribution in [3.05, 3.63) is 36.0 Å². The molecule has 1 unspecified atom stereocenters. The van der Waals surface area contributed by atoms with E-state index in [1.165, 1.54) is 32.4 Å². The van der Waals surface area contributed by atoms with Gasteiger partial charge in [-0.1, -0.05) is 6.07 Å². The molecule has 1 saturated heterocycles. The zero-order valence-electron chi connectivity index (χ0n) is 17.5. The van der Waals surface area contributed by atoms with E-state index in [4.69, 9.17) is 22.0 Å². The molecular formula is C22H28ClN6O+. The van der Waals surface area contributed by atoms with Gasteiger partial charge in [0.1, 0.15) is 11.1 Å². The number of nitrogens with one attached hydrogen (secondary N) is 2. The molecule has 4 rings (SSSR count). The second-order valence-electron chi connectivity index (χ2n) is 8.47. The second-order valence-corrected chi connectivity index (χ2v) is 8.91. The molecule has 158 valence electrons. The van der Waals surface area contributed by atoms with Gasteiger partial charge in [0.15, 0.2) is 11.6 Å². The van der Waals surface area contributed by atoms with Crippen LogP contribution in [0.15, 0.2) is 41.0 Å². The SMILES string of the molecule is CC1=CC(=Nc2c(NCC[N+]3(C)CCCCC3)nn3ccccc23)C(=N)C(Cl)C1=O. The quantitative estimate of drug-likeness (QED) is 0.564. The van der Waals surface area contributed by atoms with Gasteiger partial charge in [-0.15, -0.1) is 16.7 Å². The third-order valence-electron chi connectivity index (χ3n) is 6.09. The van der Waals surface area contributed by atoms with E-state index in [-0.39, 0.29) is 11.5 Å². The van der Waals surface area contributed by atoms with Crippen LogP contribution in [-0.4, -0.2) is 69.9 Å². The highest BCUT2D eigenvalue weighted by Gasteiger charge is 2.30. The lowest BCUT2D eigenvalue weighted by atomic mass is 9.95. The predicted molar refractivity (Wildman–Crippen MR) is 122 cm³/mol. The Morgan fingerprint density at radius 1 is 1.33 bits per heavy atom. The number of fused-ring (bicyclic) bond motifs is 1. The van der Waals surface area contributed by atoms with Crippen LogP contribution in [0.5, 0.6) is 0 Å². The fourth-order valence-electron chi connectivity index (χ4n) is 4.19. The van der Waals surface area contributed by atoms with Crippen LogP contribution < -0.4 is 5.32 Å². The highest BCUT2D eigenvalue weighted by atomic mass is 35.5. The van der Waals surface area contributed by atoms with Crippen LogP contribution in [0, 0.1) is 5.41 Å². The van der Waals surface area contributed by atoms with E-state index in [1.807, 2.05) is 24.4 Å². The summed E-state index contributed by atoms with van der Waals surface area (Å²) >= 11 is 6.16. The van der Waals surface area contributed by atoms with Crippen molar-refractivity contribution in [3.63, 3.8) is 0 Å². The summed E-state index contributed by atoms with van der Waals surface area (Å²) in [6, 6.07) is 5.80. The van der Waals surface area contributed by atoms with Crippen molar-refractivity contribution in [2.24, 2.45) is 4.99 Å². The Kier molecular flexibility index (Phi) is 5.75. The number of hydrogen-bond donors (Lipinski definition) is 2. The van der Waals surface area contributed by atoms with Crippen molar-refractivity contribution < 1.29 is 9.28 Å². The molecule has 0 bridgehead atoms. The average Bonchev–Trinajstić information content (AvgIpc) is 3.08. The summed E-state index contributed by atoms with van der Waals surface area (Å²) in [5, 5.41) is 15.4. The lowest BCUT2D eigenvalue weighted by Crippen LogP contribution is -2.50. The van der Waals surface area contributed by atoms with Crippen molar-refractivity contribution in [2.45, 2.75) is 31.6 Å². The number of allylic oxidation sites excluding steroid dienone is 2. The summed E-state index contributed by atoms with van der Waals surface area (Å²) < 4.78 is 2.86. The topological polar surface area (TPSA) is 82.6 Å². The van der Waals surface area contributed by atoms with E-state index in [0.717, 1.165) is 23.1 Å². The number of aromatic nitrogens is 2. The number of anilines is 1. The molecule has 0 amide bonds. The van der Waals surface area contributed by atoms with Gasteiger partial charge >= 0.3 is 0 Å². The Bertz CT molecular complexity index is 1050. The molecule has 1 aliphatic carbocycles. The molecule has 2 aromatic heterocycles. The van der Waals surface area contributed by atoms with Crippen LogP contribution in [-0.2, 0) is 4.79 Å². The first-order valence-corrected chi connectivity index (χ1v) is 10.9. The van der Waals surface area contributed by atoms with Gasteiger partial charge in [0.05, 0.1) is 50.2 Å². The van der Waals surface area contributed by atoms with Gasteiger partial charge in [-0.3, -0.25) is 4.79 Å². The van der Waals surface area contributed by atoms with Gasteiger partial charge < -0.3 is 15.2 Å². The number of likely N-dealkylation sites (tertiary alicyclic amines) is 1. The molecule has 2 aromatic rings. The molecule has 0 aromatic carbocycles. The predicted octanol–water partition coefficient (Wildman–Crippen LogP) is 3.61. The van der Waals surface area contributed by atoms with Gasteiger partial charge in [0.2, 0.25) is 0 Å². The molecule has 7 nitrogen and oxygen atoms in total. The molecular weight excluding hydrogens is 400 g/mol. The number of quaternary nitrogens is 1. The first-order valence-electron chi connectivity index (χ1n) is 10.5. The van der Waals surface area contributed by atoms with Gasteiger partial charge in [0, 0.05) is 6.20 Å². The highest BCUT2D eigenvalue weighted by molar-refractivity contribution is 6.63. The van der Waals surface area contributed by atoms with Gasteiger partial charge in [-0.05, 0) is 50.0 Å². The number of aliphatic imine (C=N–C) groups is 1. The fourth-order valence-corrected chi connectivity index (χ4v) is 4.47. The van der Waals surface area contributed by atoms with Crippen molar-refractivity contribution in [1.29, 1.82) is 5.41 Å². The largest absolute Gasteiger partial charge is 0.361 e. The van der Waals surface area contributed by atoms with Crippen LogP contribution in [0.25, 0.3) is 5.52 Å². The molecule has 30 heavy (non-hydrogen) atoms. The standard InChI is InChI=1S/C22H28ClN6O/c1-15-14-16(19(24)18(23)21(15)30)26-20-17-8-4-5-10-28(17)27-22(20)25-9-13-29(2)11-6-3-7-12-29/h4-5,8,10,14,18,24H,3,6-7,9,11-13H2,1-2H3,(H,25,27)/q+1. The highest BCUT2D eigenvalue weighted by Crippen LogP contribution is 2.31. The summed E-state index contributed by atoms with van der Waals surface area (Å²) in [7, 11) is 2.32. The summed E-state index contributed by atoms with van der Waals surface area (Å²) in [5.41, 5.74) is 2.45. The number of carbonyl (C=O) groups excluding carboxylic acids is 1. The number of likely N-dealkylation sites (N-methyl/N-ethyl adjacent to an activating group) is 1. The maximum Gasteiger partial charge on any atom is 0.182 e. The average molecular weight is 428 g/mol. The fraction of sp³-hybridized carbons (Fsp3) is 0.455. The van der Waals surface area contributed by atoms with E-state index in [9.17, 15) is 4.79 Å². The molecule has 1 fully saturated rings. The number of nitrogens with zero attached hydrogens (tertiary/aromatic N) is 4. The van der Waals surface area contributed by atoms with E-state index in [1.54, 1.807) is 17.5 Å². The Morgan fingerprint density at radius 2 is 2.10 bits per heavy atom. The minimum absolute atomic E-state index is 0.0277. The zero-order valence-corrected chi connectivity index (χ0v) is 18.2. The molecule has 0 radical (unpaired) electrons. The maximum absolute atomic E-state index is 12.1. The van der Waals surface area contributed by atoms with Crippen molar-refractivity contribution in [1.82, 2.24) is 9.61 Å². The number of hydrogen-bond acceptors (Lipinski definition) is 5. The normalized spacial score (nSPS) is 23.1. The van der Waals surface area contributed by atoms with Crippen LogP contribution in [0.3, 0.4) is 0 Å². The number of pyridine rings is 1. The van der Waals surface area contributed by atoms with Crippen LogP contribution in [0.1, 0.15) is 26.2 Å². The third kappa shape index (κ3) is 4.04. The number of Topliss-reactive ketones (excluding diaryl/α,β-unsaturated/α-hetero) is 1. The molecule has 8 heteroatoms. The molecule has 2 aliphatic rings. The summed E-state index contributed by atoms with van der Waals surface area (Å²) in [6.07, 6.45) is 7.42. The lowest BCUT2D eigenvalue weighted by Gasteiger charge is -2.37. The van der Waals surface area contributed by atoms with E-state index in [0.29, 0.717) is 22.8 Å². The van der Waals surface area contributed by atoms with Crippen LogP contribution in [0.4, 0.5) is 11.5 Å². The molecule has 1 aliphatic heterocycles. The number of piperidine rings is 1. The van der Waals surface area contributed by atoms with Crippen LogP contribution in [0.2, 0.25) is 0 Å². The molecule has 3 heterocycles. The van der Waals surface area contributed by atoms with Gasteiger partial charge in [0.25, 0.3) is 0 Å². The Balaban J connectivity index is 1.64. The molecule has 0 spiro atoms. The Hall–Kier alpha value is -2.51. The molecule has 2 N–H and O–H groups in total. The van der Waals surface area contributed by atoms with E-state index >= 15 is 0 Å². The maximum atomic E-state index is 12.1. The minimum Gasteiger partial charge on any atom is -0.361 e. The minimum atomic E-state index is -0.990. The van der Waals surface area contributed by atoms with Crippen molar-refractivity contribution in [3.8, 4) is 0 Å². The third-order valence-corrected chi connectivity index (χ3v) is 6.50. The first-order chi connectivity index (χ1) is 14.4. The van der Waals surface area contributed by atoms with Crippen molar-refractivity contribution in [2.75, 3.05) is 38.5 Å². The lowest BCUT2D eigenvalue weighted by molar-refractivity contribution is -0.912. The van der Waals surface area contributed by atoms with Gasteiger partial charge in [-0.2, -0.15) is 0 Å². The van der Waals surface area contributed by atoms with Crippen LogP contribution >= 0.6 is 11.6 Å². The number of carbonyl (C=O) groups is 1. The van der Waals surface area contributed by atoms with E-state index in [2.05, 4.69) is 17.5 Å². The zero-order chi connectivity index (χ0) is 21.3. The van der Waals surface area contributed by atoms with Gasteiger partial charge in [-0.25, -0.2) is 9.51 Å². The second kappa shape index (κ2) is 8.32. The Labute approximate surface area is 181 Å². The van der Waals surface area contributed by atoms with E-state index < -0.39 is 5.38 Å². The smallest absolute Gasteiger partial charge is 0.182 e. The summed E-state index contributed by atoms with van der Waals surface area (Å²) in [6.45, 7) is 5.96. The monoisotopic (exact) mass is 427 g/mol. The number of ketones is 1. The van der Waals surface area contributed by atoms with Crippen molar-refractivity contribution >= 4 is 45.8 Å². The Morgan fingerprint density at radius 3 is 2.87 bits per heavy atom. The molecule has 1 atom stereocenters. The molecule has 0 saturated carbocycles. The number of alkyl halides is 1.